The molecule has 0 radical (unpaired) electrons. The van der Waals surface area contributed by atoms with Gasteiger partial charge in [-0.3, -0.25) is 14.5 Å². The number of anilines is 1. The fourth-order valence-corrected chi connectivity index (χ4v) is 4.97. The van der Waals surface area contributed by atoms with Crippen molar-refractivity contribution in [1.82, 2.24) is 5.32 Å². The van der Waals surface area contributed by atoms with E-state index in [1.807, 2.05) is 0 Å². The zero-order valence-corrected chi connectivity index (χ0v) is 21.1. The standard InChI is InChI=1S/C29H30N2O7/c1-36-25-15-18(9-11-23(25)33)27(28(34)30-20-5-2-3-6-20)31(21-7-4-8-22(32)17-21)29(35)19-10-12-24-26(16-19)38-14-13-37-24/h4,7-12,15-17,20,27,32-33H,2-3,5-6,13-14H2,1H3,(H,30,34)/t27-/m0/s1. The number of fused-ring (bicyclic) bond motifs is 1. The highest BCUT2D eigenvalue weighted by molar-refractivity contribution is 6.10. The number of nitrogens with zero attached hydrogens (tertiary/aromatic N) is 1. The first kappa shape index (κ1) is 25.3. The number of phenols is 2. The molecular formula is C29H30N2O7. The van der Waals surface area contributed by atoms with E-state index >= 15 is 0 Å². The van der Waals surface area contributed by atoms with Gasteiger partial charge >= 0.3 is 0 Å². The lowest BCUT2D eigenvalue weighted by Gasteiger charge is -2.33. The first-order valence-corrected chi connectivity index (χ1v) is 12.6. The fourth-order valence-electron chi connectivity index (χ4n) is 4.97. The van der Waals surface area contributed by atoms with Gasteiger partial charge in [0.15, 0.2) is 23.0 Å². The minimum Gasteiger partial charge on any atom is -0.508 e. The number of ether oxygens (including phenoxy) is 3. The van der Waals surface area contributed by atoms with Crippen molar-refractivity contribution in [2.24, 2.45) is 0 Å². The van der Waals surface area contributed by atoms with Gasteiger partial charge in [-0.25, -0.2) is 0 Å². The first-order valence-electron chi connectivity index (χ1n) is 12.6. The summed E-state index contributed by atoms with van der Waals surface area (Å²) in [6.45, 7) is 0.780. The molecule has 3 N–H and O–H groups in total. The van der Waals surface area contributed by atoms with E-state index in [2.05, 4.69) is 5.32 Å². The summed E-state index contributed by atoms with van der Waals surface area (Å²) in [5, 5.41) is 23.6. The third kappa shape index (κ3) is 5.18. The van der Waals surface area contributed by atoms with Gasteiger partial charge in [-0.2, -0.15) is 0 Å². The molecule has 1 aliphatic carbocycles. The number of rotatable bonds is 7. The van der Waals surface area contributed by atoms with Crippen LogP contribution in [0.15, 0.2) is 60.7 Å². The van der Waals surface area contributed by atoms with E-state index in [-0.39, 0.29) is 34.8 Å². The summed E-state index contributed by atoms with van der Waals surface area (Å²) in [4.78, 5) is 29.5. The molecule has 2 amide bonds. The molecule has 1 atom stereocenters. The number of benzene rings is 3. The van der Waals surface area contributed by atoms with E-state index in [0.29, 0.717) is 36.0 Å². The minimum atomic E-state index is -1.13. The molecule has 1 aliphatic heterocycles. The molecule has 9 nitrogen and oxygen atoms in total. The van der Waals surface area contributed by atoms with E-state index < -0.39 is 11.9 Å². The number of phenolic OH excluding ortho intramolecular Hbond substituents is 2. The Morgan fingerprint density at radius 1 is 0.974 bits per heavy atom. The number of hydrogen-bond acceptors (Lipinski definition) is 7. The third-order valence-corrected chi connectivity index (χ3v) is 6.84. The van der Waals surface area contributed by atoms with Crippen LogP contribution in [0.5, 0.6) is 28.7 Å². The van der Waals surface area contributed by atoms with Crippen LogP contribution in [0.3, 0.4) is 0 Å². The molecule has 198 valence electrons. The predicted molar refractivity (Wildman–Crippen MR) is 140 cm³/mol. The van der Waals surface area contributed by atoms with Crippen molar-refractivity contribution in [2.75, 3.05) is 25.2 Å². The Morgan fingerprint density at radius 3 is 2.47 bits per heavy atom. The van der Waals surface area contributed by atoms with Crippen molar-refractivity contribution in [1.29, 1.82) is 0 Å². The number of methoxy groups -OCH3 is 1. The maximum Gasteiger partial charge on any atom is 0.259 e. The van der Waals surface area contributed by atoms with Gasteiger partial charge in [0.2, 0.25) is 5.91 Å². The largest absolute Gasteiger partial charge is 0.508 e. The van der Waals surface area contributed by atoms with Crippen LogP contribution in [0.4, 0.5) is 5.69 Å². The van der Waals surface area contributed by atoms with Crippen molar-refractivity contribution < 1.29 is 34.0 Å². The molecule has 3 aromatic rings. The molecule has 9 heteroatoms. The molecule has 0 unspecified atom stereocenters. The SMILES string of the molecule is COc1cc([C@@H](C(=O)NC2CCCC2)N(C(=O)c2ccc3c(c2)OCCO3)c2cccc(O)c2)ccc1O. The Kier molecular flexibility index (Phi) is 7.26. The normalized spacial score (nSPS) is 15.5. The number of aromatic hydroxyl groups is 2. The van der Waals surface area contributed by atoms with E-state index in [1.165, 1.54) is 30.2 Å². The monoisotopic (exact) mass is 518 g/mol. The molecule has 1 fully saturated rings. The van der Waals surface area contributed by atoms with Crippen molar-refractivity contribution in [3.8, 4) is 28.7 Å². The van der Waals surface area contributed by atoms with Crippen LogP contribution in [0.25, 0.3) is 0 Å². The maximum absolute atomic E-state index is 14.2. The summed E-state index contributed by atoms with van der Waals surface area (Å²) >= 11 is 0. The van der Waals surface area contributed by atoms with Crippen LogP contribution >= 0.6 is 0 Å². The summed E-state index contributed by atoms with van der Waals surface area (Å²) in [5.74, 6) is 0.148. The first-order chi connectivity index (χ1) is 18.4. The van der Waals surface area contributed by atoms with Gasteiger partial charge in [-0.1, -0.05) is 25.0 Å². The molecule has 2 aliphatic rings. The minimum absolute atomic E-state index is 0.000526. The molecule has 1 heterocycles. The average Bonchev–Trinajstić information content (AvgIpc) is 3.44. The lowest BCUT2D eigenvalue weighted by atomic mass is 10.00. The highest BCUT2D eigenvalue weighted by atomic mass is 16.6. The number of amides is 2. The number of hydrogen-bond donors (Lipinski definition) is 3. The van der Waals surface area contributed by atoms with Gasteiger partial charge in [0, 0.05) is 23.4 Å². The van der Waals surface area contributed by atoms with Gasteiger partial charge in [0.05, 0.1) is 7.11 Å². The fraction of sp³-hybridized carbons (Fsp3) is 0.310. The molecule has 3 aromatic carbocycles. The highest BCUT2D eigenvalue weighted by Crippen LogP contribution is 2.37. The smallest absolute Gasteiger partial charge is 0.259 e. The topological polar surface area (TPSA) is 118 Å². The second-order valence-electron chi connectivity index (χ2n) is 9.38. The number of nitrogens with one attached hydrogen (secondary N) is 1. The van der Waals surface area contributed by atoms with Crippen LogP contribution < -0.4 is 24.4 Å². The Labute approximate surface area is 220 Å². The van der Waals surface area contributed by atoms with E-state index in [4.69, 9.17) is 14.2 Å². The van der Waals surface area contributed by atoms with Crippen molar-refractivity contribution in [2.45, 2.75) is 37.8 Å². The van der Waals surface area contributed by atoms with Gasteiger partial charge in [0.25, 0.3) is 5.91 Å². The van der Waals surface area contributed by atoms with E-state index in [0.717, 1.165) is 25.7 Å². The van der Waals surface area contributed by atoms with Crippen LogP contribution in [0.2, 0.25) is 0 Å². The lowest BCUT2D eigenvalue weighted by Crippen LogP contribution is -2.46. The van der Waals surface area contributed by atoms with Gasteiger partial charge in [0.1, 0.15) is 25.0 Å². The van der Waals surface area contributed by atoms with Crippen LogP contribution in [0, 0.1) is 0 Å². The Balaban J connectivity index is 1.63. The lowest BCUT2D eigenvalue weighted by molar-refractivity contribution is -0.123. The predicted octanol–water partition coefficient (Wildman–Crippen LogP) is 4.32. The summed E-state index contributed by atoms with van der Waals surface area (Å²) < 4.78 is 16.6. The van der Waals surface area contributed by atoms with Crippen LogP contribution in [-0.4, -0.2) is 48.4 Å². The van der Waals surface area contributed by atoms with Gasteiger partial charge < -0.3 is 29.7 Å². The average molecular weight is 519 g/mol. The Bertz CT molecular complexity index is 1340. The van der Waals surface area contributed by atoms with Crippen LogP contribution in [-0.2, 0) is 4.79 Å². The van der Waals surface area contributed by atoms with Crippen molar-refractivity contribution in [3.05, 3.63) is 71.8 Å². The molecule has 1 saturated carbocycles. The van der Waals surface area contributed by atoms with Crippen molar-refractivity contribution >= 4 is 17.5 Å². The van der Waals surface area contributed by atoms with Gasteiger partial charge in [-0.05, 0) is 60.9 Å². The zero-order valence-electron chi connectivity index (χ0n) is 21.1. The molecule has 0 aromatic heterocycles. The summed E-state index contributed by atoms with van der Waals surface area (Å²) in [7, 11) is 1.42. The summed E-state index contributed by atoms with van der Waals surface area (Å²) in [6, 6.07) is 14.5. The molecular weight excluding hydrogens is 488 g/mol. The van der Waals surface area contributed by atoms with Gasteiger partial charge in [-0.15, -0.1) is 0 Å². The molecule has 0 spiro atoms. The summed E-state index contributed by atoms with van der Waals surface area (Å²) in [6.07, 6.45) is 3.77. The molecule has 38 heavy (non-hydrogen) atoms. The quantitative estimate of drug-likeness (QED) is 0.426. The second kappa shape index (κ2) is 10.9. The number of carbonyl (C=O) groups is 2. The molecule has 5 rings (SSSR count). The highest BCUT2D eigenvalue weighted by Gasteiger charge is 2.36. The van der Waals surface area contributed by atoms with Crippen LogP contribution in [0.1, 0.15) is 47.6 Å². The van der Waals surface area contributed by atoms with E-state index in [9.17, 15) is 19.8 Å². The summed E-state index contributed by atoms with van der Waals surface area (Å²) in [5.41, 5.74) is 1.04. The third-order valence-electron chi connectivity index (χ3n) is 6.84. The van der Waals surface area contributed by atoms with Crippen molar-refractivity contribution in [3.63, 3.8) is 0 Å². The Morgan fingerprint density at radius 2 is 1.74 bits per heavy atom. The maximum atomic E-state index is 14.2. The van der Waals surface area contributed by atoms with E-state index in [1.54, 1.807) is 42.5 Å². The molecule has 0 saturated heterocycles. The molecule has 0 bridgehead atoms. The number of carbonyl (C=O) groups excluding carboxylic acids is 2. The second-order valence-corrected chi connectivity index (χ2v) is 9.38. The zero-order chi connectivity index (χ0) is 26.6. The Hall–Kier alpha value is -4.40.